The van der Waals surface area contributed by atoms with Crippen molar-refractivity contribution in [2.75, 3.05) is 4.72 Å². The smallest absolute Gasteiger partial charge is 0.261 e. The first-order valence-corrected chi connectivity index (χ1v) is 10.9. The van der Waals surface area contributed by atoms with Gasteiger partial charge in [0.2, 0.25) is 0 Å². The monoisotopic (exact) mass is 419 g/mol. The van der Waals surface area contributed by atoms with Crippen LogP contribution < -0.4 is 4.72 Å². The maximum absolute atomic E-state index is 12.9. The van der Waals surface area contributed by atoms with E-state index in [9.17, 15) is 13.2 Å². The lowest BCUT2D eigenvalue weighted by atomic mass is 10.1. The van der Waals surface area contributed by atoms with Crippen molar-refractivity contribution in [2.24, 2.45) is 0 Å². The number of aryl methyl sites for hydroxylation is 2. The summed E-state index contributed by atoms with van der Waals surface area (Å²) in [6, 6.07) is 15.5. The van der Waals surface area contributed by atoms with Crippen LogP contribution in [0.5, 0.6) is 0 Å². The molecular formula is C23H21N3O3S. The molecule has 0 saturated heterocycles. The summed E-state index contributed by atoms with van der Waals surface area (Å²) in [5, 5.41) is 0. The number of carbonyl (C=O) groups excluding carboxylic acids is 1. The molecule has 0 spiro atoms. The van der Waals surface area contributed by atoms with Gasteiger partial charge in [-0.1, -0.05) is 30.3 Å². The minimum atomic E-state index is -3.85. The number of sulfonamides is 1. The fourth-order valence-corrected chi connectivity index (χ4v) is 4.44. The number of fused-ring (bicyclic) bond motifs is 1. The van der Waals surface area contributed by atoms with E-state index in [1.807, 2.05) is 54.9 Å². The Hall–Kier alpha value is -3.45. The number of benzene rings is 2. The Morgan fingerprint density at radius 3 is 2.53 bits per heavy atom. The summed E-state index contributed by atoms with van der Waals surface area (Å²) in [6.45, 7) is 5.24. The second-order valence-electron chi connectivity index (χ2n) is 7.27. The van der Waals surface area contributed by atoms with Crippen LogP contribution in [0.1, 0.15) is 28.4 Å². The average Bonchev–Trinajstić information content (AvgIpc) is 3.15. The van der Waals surface area contributed by atoms with Gasteiger partial charge in [0.1, 0.15) is 5.65 Å². The first-order chi connectivity index (χ1) is 14.2. The second kappa shape index (κ2) is 7.42. The van der Waals surface area contributed by atoms with Gasteiger partial charge in [0.25, 0.3) is 10.0 Å². The van der Waals surface area contributed by atoms with E-state index in [0.717, 1.165) is 28.0 Å². The summed E-state index contributed by atoms with van der Waals surface area (Å²) < 4.78 is 30.4. The SMILES string of the molecule is CC(=O)c1cccc(S(=O)(=O)Nc2cc(-c3cn4cccc(C)c4n3)ccc2C)c1. The Morgan fingerprint density at radius 2 is 1.80 bits per heavy atom. The number of imidazole rings is 1. The van der Waals surface area contributed by atoms with Crippen LogP contribution in [0.3, 0.4) is 0 Å². The van der Waals surface area contributed by atoms with Gasteiger partial charge < -0.3 is 4.40 Å². The number of pyridine rings is 1. The number of hydrogen-bond donors (Lipinski definition) is 1. The van der Waals surface area contributed by atoms with Crippen molar-refractivity contribution >= 4 is 27.1 Å². The van der Waals surface area contributed by atoms with Crippen molar-refractivity contribution in [3.63, 3.8) is 0 Å². The fourth-order valence-electron chi connectivity index (χ4n) is 3.27. The minimum Gasteiger partial charge on any atom is -0.306 e. The zero-order valence-corrected chi connectivity index (χ0v) is 17.7. The number of carbonyl (C=O) groups is 1. The third kappa shape index (κ3) is 3.71. The van der Waals surface area contributed by atoms with Gasteiger partial charge in [-0.3, -0.25) is 9.52 Å². The molecule has 0 bridgehead atoms. The van der Waals surface area contributed by atoms with Crippen molar-refractivity contribution in [2.45, 2.75) is 25.7 Å². The van der Waals surface area contributed by atoms with Gasteiger partial charge in [-0.25, -0.2) is 13.4 Å². The molecule has 1 N–H and O–H groups in total. The summed E-state index contributed by atoms with van der Waals surface area (Å²) in [6.07, 6.45) is 3.85. The highest BCUT2D eigenvalue weighted by Crippen LogP contribution is 2.28. The van der Waals surface area contributed by atoms with Crippen LogP contribution in [0.15, 0.2) is 71.9 Å². The van der Waals surface area contributed by atoms with Crippen LogP contribution in [0.2, 0.25) is 0 Å². The van der Waals surface area contributed by atoms with Crippen molar-refractivity contribution in [1.29, 1.82) is 0 Å². The third-order valence-corrected chi connectivity index (χ3v) is 6.37. The molecule has 2 aromatic carbocycles. The molecule has 6 nitrogen and oxygen atoms in total. The standard InChI is InChI=1S/C23H21N3O3S/c1-15-9-10-19(22-14-26-11-5-6-16(2)23(26)24-22)13-21(15)25-30(28,29)20-8-4-7-18(12-20)17(3)27/h4-14,25H,1-3H3. The first kappa shape index (κ1) is 19.8. The number of nitrogens with zero attached hydrogens (tertiary/aromatic N) is 2. The van der Waals surface area contributed by atoms with Gasteiger partial charge in [0, 0.05) is 23.5 Å². The molecule has 0 unspecified atom stereocenters. The first-order valence-electron chi connectivity index (χ1n) is 9.44. The summed E-state index contributed by atoms with van der Waals surface area (Å²) in [5.74, 6) is -0.188. The predicted molar refractivity (Wildman–Crippen MR) is 117 cm³/mol. The summed E-state index contributed by atoms with van der Waals surface area (Å²) in [7, 11) is -3.85. The molecule has 0 amide bonds. The van der Waals surface area contributed by atoms with Gasteiger partial charge in [0.15, 0.2) is 5.78 Å². The topological polar surface area (TPSA) is 80.5 Å². The zero-order chi connectivity index (χ0) is 21.5. The molecule has 2 heterocycles. The lowest BCUT2D eigenvalue weighted by Crippen LogP contribution is -2.14. The van der Waals surface area contributed by atoms with Crippen molar-refractivity contribution in [3.8, 4) is 11.3 Å². The number of ketones is 1. The number of hydrogen-bond acceptors (Lipinski definition) is 4. The van der Waals surface area contributed by atoms with Gasteiger partial charge in [-0.2, -0.15) is 0 Å². The van der Waals surface area contributed by atoms with Crippen molar-refractivity contribution < 1.29 is 13.2 Å². The maximum Gasteiger partial charge on any atom is 0.261 e. The molecule has 152 valence electrons. The fraction of sp³-hybridized carbons (Fsp3) is 0.130. The largest absolute Gasteiger partial charge is 0.306 e. The van der Waals surface area contributed by atoms with Crippen LogP contribution in [-0.2, 0) is 10.0 Å². The lowest BCUT2D eigenvalue weighted by Gasteiger charge is -2.12. The Kier molecular flexibility index (Phi) is 4.91. The number of nitrogens with one attached hydrogen (secondary N) is 1. The number of Topliss-reactive ketones (excluding diaryl/α,β-unsaturated/α-hetero) is 1. The van der Waals surface area contributed by atoms with E-state index in [4.69, 9.17) is 0 Å². The van der Waals surface area contributed by atoms with E-state index in [1.54, 1.807) is 18.2 Å². The highest BCUT2D eigenvalue weighted by Gasteiger charge is 2.17. The van der Waals surface area contributed by atoms with E-state index < -0.39 is 10.0 Å². The number of anilines is 1. The van der Waals surface area contributed by atoms with Crippen LogP contribution in [0.4, 0.5) is 5.69 Å². The van der Waals surface area contributed by atoms with Gasteiger partial charge in [0.05, 0.1) is 16.3 Å². The Labute approximate surface area is 175 Å². The minimum absolute atomic E-state index is 0.0448. The predicted octanol–water partition coefficient (Wildman–Crippen LogP) is 4.62. The lowest BCUT2D eigenvalue weighted by molar-refractivity contribution is 0.101. The highest BCUT2D eigenvalue weighted by molar-refractivity contribution is 7.92. The molecule has 4 rings (SSSR count). The van der Waals surface area contributed by atoms with Crippen LogP contribution >= 0.6 is 0 Å². The van der Waals surface area contributed by atoms with Gasteiger partial charge >= 0.3 is 0 Å². The third-order valence-electron chi connectivity index (χ3n) is 5.01. The van der Waals surface area contributed by atoms with Gasteiger partial charge in [-0.05, 0) is 56.2 Å². The molecule has 2 aromatic heterocycles. The van der Waals surface area contributed by atoms with E-state index in [-0.39, 0.29) is 10.7 Å². The van der Waals surface area contributed by atoms with Gasteiger partial charge in [-0.15, -0.1) is 0 Å². The van der Waals surface area contributed by atoms with E-state index in [1.165, 1.54) is 19.1 Å². The molecule has 0 radical (unpaired) electrons. The normalized spacial score (nSPS) is 11.6. The van der Waals surface area contributed by atoms with E-state index >= 15 is 0 Å². The Morgan fingerprint density at radius 1 is 1.00 bits per heavy atom. The number of rotatable bonds is 5. The molecule has 0 saturated carbocycles. The maximum atomic E-state index is 12.9. The molecule has 4 aromatic rings. The molecular weight excluding hydrogens is 398 g/mol. The molecule has 30 heavy (non-hydrogen) atoms. The average molecular weight is 420 g/mol. The Balaban J connectivity index is 1.72. The van der Waals surface area contributed by atoms with E-state index in [0.29, 0.717) is 11.3 Å². The molecule has 7 heteroatoms. The number of aromatic nitrogens is 2. The van der Waals surface area contributed by atoms with Crippen molar-refractivity contribution in [3.05, 3.63) is 83.7 Å². The summed E-state index contributed by atoms with van der Waals surface area (Å²) in [5.41, 5.74) is 5.07. The molecule has 0 aliphatic heterocycles. The second-order valence-corrected chi connectivity index (χ2v) is 8.95. The van der Waals surface area contributed by atoms with E-state index in [2.05, 4.69) is 9.71 Å². The molecule has 0 fully saturated rings. The summed E-state index contributed by atoms with van der Waals surface area (Å²) >= 11 is 0. The molecule has 0 atom stereocenters. The molecule has 0 aliphatic carbocycles. The van der Waals surface area contributed by atoms with Crippen molar-refractivity contribution in [1.82, 2.24) is 9.38 Å². The quantitative estimate of drug-likeness (QED) is 0.479. The zero-order valence-electron chi connectivity index (χ0n) is 16.9. The summed E-state index contributed by atoms with van der Waals surface area (Å²) in [4.78, 5) is 16.3. The van der Waals surface area contributed by atoms with Crippen LogP contribution in [0.25, 0.3) is 16.9 Å². The Bertz CT molecular complexity index is 1390. The molecule has 0 aliphatic rings. The van der Waals surface area contributed by atoms with Crippen LogP contribution in [-0.4, -0.2) is 23.6 Å². The van der Waals surface area contributed by atoms with Crippen LogP contribution in [0, 0.1) is 13.8 Å². The highest BCUT2D eigenvalue weighted by atomic mass is 32.2.